The number of alkyl halides is 1. The summed E-state index contributed by atoms with van der Waals surface area (Å²) in [6.45, 7) is 10.0. The average Bonchev–Trinajstić information content (AvgIpc) is 3.68. The van der Waals surface area contributed by atoms with Crippen LogP contribution < -0.4 is 0 Å². The molecule has 0 unspecified atom stereocenters. The van der Waals surface area contributed by atoms with E-state index in [0.29, 0.717) is 38.5 Å². The predicted octanol–water partition coefficient (Wildman–Crippen LogP) is 4.20. The highest BCUT2D eigenvalue weighted by molar-refractivity contribution is 6.01. The summed E-state index contributed by atoms with van der Waals surface area (Å²) < 4.78 is 29.3. The lowest BCUT2D eigenvalue weighted by Gasteiger charge is -2.63. The number of hydrogen-bond donors (Lipinski definition) is 5. The van der Waals surface area contributed by atoms with Crippen molar-refractivity contribution in [2.45, 2.75) is 153 Å². The van der Waals surface area contributed by atoms with Crippen molar-refractivity contribution < 1.29 is 58.6 Å². The van der Waals surface area contributed by atoms with Gasteiger partial charge in [0.25, 0.3) is 0 Å². The molecule has 15 atom stereocenters. The molecule has 57 heavy (non-hydrogen) atoms. The minimum atomic E-state index is -1.88. The Kier molecular flexibility index (Phi) is 9.44. The topological polar surface area (TPSA) is 188 Å². The summed E-state index contributed by atoms with van der Waals surface area (Å²) in [5, 5.41) is 52.9. The number of ether oxygens (including phenoxy) is 2. The number of aliphatic hydroxyl groups excluding tert-OH is 4. The zero-order valence-corrected chi connectivity index (χ0v) is 34.2. The van der Waals surface area contributed by atoms with E-state index in [4.69, 9.17) is 9.47 Å². The molecular formula is C45H61FO11. The molecule has 9 aliphatic rings. The Morgan fingerprint density at radius 2 is 1.51 bits per heavy atom. The number of allylic oxidation sites excluding steroid dienone is 5. The van der Waals surface area contributed by atoms with Crippen LogP contribution in [0.25, 0.3) is 0 Å². The third-order valence-electron chi connectivity index (χ3n) is 17.8. The van der Waals surface area contributed by atoms with E-state index >= 15 is 4.39 Å². The van der Waals surface area contributed by atoms with E-state index in [1.165, 1.54) is 0 Å². The highest BCUT2D eigenvalue weighted by atomic mass is 19.1. The first-order chi connectivity index (χ1) is 26.5. The maximum Gasteiger partial charge on any atom is 0.193 e. The maximum absolute atomic E-state index is 16.8. The van der Waals surface area contributed by atoms with Crippen LogP contribution in [0.5, 0.6) is 0 Å². The number of carbonyl (C=O) groups is 4. The Balaban J connectivity index is 0.000000161. The first kappa shape index (κ1) is 41.3. The van der Waals surface area contributed by atoms with Gasteiger partial charge in [0, 0.05) is 39.9 Å². The predicted molar refractivity (Wildman–Crippen MR) is 204 cm³/mol. The first-order valence-electron chi connectivity index (χ1n) is 21.1. The van der Waals surface area contributed by atoms with Gasteiger partial charge in [0.2, 0.25) is 0 Å². The van der Waals surface area contributed by atoms with Crippen LogP contribution in [0.1, 0.15) is 112 Å². The standard InChI is InChI=1S/C24H32O6.C21H29FO5/c1-21(2)29-19-10-16-15-6-5-13-9-14(26)7-8-22(13,3)20(15)17(27)11-23(16,4)24(19,30-21)18(28)12-25;1-18-7-5-13(24)9-12(18)3-4-15-14-6-8-20(27,17(26)11-23)19(14,2)10-16(25)21(15,18)22/h7-9,15-17,19-20,25,27H,5-6,10-12H2,1-4H3;9,14-16,23,25,27H,3-8,10-11H2,1-2H3/t15-,16-,17-,19+,20+,22-,23-,24+;14-,15-,16-,18-,19-,20-,21-/m00/s1. The summed E-state index contributed by atoms with van der Waals surface area (Å²) >= 11 is 0. The van der Waals surface area contributed by atoms with Gasteiger partial charge in [0.15, 0.2) is 34.5 Å². The second-order valence-corrected chi connectivity index (χ2v) is 20.5. The van der Waals surface area contributed by atoms with Gasteiger partial charge in [-0.05, 0) is 114 Å². The largest absolute Gasteiger partial charge is 0.393 e. The van der Waals surface area contributed by atoms with Crippen molar-refractivity contribution in [2.24, 2.45) is 51.2 Å². The number of rotatable bonds is 4. The Morgan fingerprint density at radius 1 is 0.825 bits per heavy atom. The Labute approximate surface area is 334 Å². The van der Waals surface area contributed by atoms with Crippen LogP contribution in [0.3, 0.4) is 0 Å². The zero-order valence-electron chi connectivity index (χ0n) is 34.2. The minimum absolute atomic E-state index is 0.0167. The number of aliphatic hydroxyl groups is 5. The smallest absolute Gasteiger partial charge is 0.193 e. The van der Waals surface area contributed by atoms with Crippen molar-refractivity contribution in [3.05, 3.63) is 35.5 Å². The molecule has 5 N–H and O–H groups in total. The van der Waals surface area contributed by atoms with Gasteiger partial charge < -0.3 is 35.0 Å². The molecule has 314 valence electrons. The number of fused-ring (bicyclic) bond motifs is 12. The molecular weight excluding hydrogens is 735 g/mol. The van der Waals surface area contributed by atoms with Crippen molar-refractivity contribution in [1.82, 2.24) is 0 Å². The molecule has 0 amide bonds. The van der Waals surface area contributed by atoms with E-state index in [9.17, 15) is 44.7 Å². The molecule has 0 spiro atoms. The molecule has 0 aromatic heterocycles. The fraction of sp³-hybridized carbons (Fsp3) is 0.778. The lowest BCUT2D eigenvalue weighted by atomic mass is 9.44. The van der Waals surface area contributed by atoms with Crippen LogP contribution in [-0.4, -0.2) is 103 Å². The lowest BCUT2D eigenvalue weighted by Crippen LogP contribution is -2.69. The van der Waals surface area contributed by atoms with Gasteiger partial charge in [0.1, 0.15) is 24.5 Å². The van der Waals surface area contributed by atoms with E-state index in [2.05, 4.69) is 6.92 Å². The van der Waals surface area contributed by atoms with Gasteiger partial charge >= 0.3 is 0 Å². The summed E-state index contributed by atoms with van der Waals surface area (Å²) in [5.74, 6) is -2.30. The Bertz CT molecular complexity index is 1870. The van der Waals surface area contributed by atoms with Crippen LogP contribution in [0, 0.1) is 51.2 Å². The molecule has 0 radical (unpaired) electrons. The molecule has 9 rings (SSSR count). The molecule has 0 bridgehead atoms. The van der Waals surface area contributed by atoms with Gasteiger partial charge in [-0.15, -0.1) is 0 Å². The number of Topliss-reactive ketones (excluding diaryl/α,β-unsaturated/α-hetero) is 2. The summed E-state index contributed by atoms with van der Waals surface area (Å²) in [6, 6.07) is 0. The lowest BCUT2D eigenvalue weighted by molar-refractivity contribution is -0.226. The van der Waals surface area contributed by atoms with Crippen molar-refractivity contribution in [3.63, 3.8) is 0 Å². The second-order valence-electron chi connectivity index (χ2n) is 20.5. The summed E-state index contributed by atoms with van der Waals surface area (Å²) in [6.07, 6.45) is 9.69. The first-order valence-corrected chi connectivity index (χ1v) is 21.1. The summed E-state index contributed by atoms with van der Waals surface area (Å²) in [5.41, 5.74) is -5.80. The van der Waals surface area contributed by atoms with E-state index in [-0.39, 0.29) is 65.7 Å². The maximum atomic E-state index is 16.8. The summed E-state index contributed by atoms with van der Waals surface area (Å²) in [4.78, 5) is 49.3. The molecule has 1 saturated heterocycles. The van der Waals surface area contributed by atoms with E-state index in [1.54, 1.807) is 39.0 Å². The van der Waals surface area contributed by atoms with Crippen molar-refractivity contribution >= 4 is 23.1 Å². The zero-order chi connectivity index (χ0) is 41.5. The normalized spacial score (nSPS) is 51.4. The van der Waals surface area contributed by atoms with Crippen molar-refractivity contribution in [1.29, 1.82) is 0 Å². The van der Waals surface area contributed by atoms with Gasteiger partial charge in [-0.1, -0.05) is 44.9 Å². The fourth-order valence-corrected chi connectivity index (χ4v) is 15.2. The van der Waals surface area contributed by atoms with E-state index < -0.39 is 82.1 Å². The van der Waals surface area contributed by atoms with Gasteiger partial charge in [-0.3, -0.25) is 19.2 Å². The van der Waals surface area contributed by atoms with Crippen LogP contribution in [0.15, 0.2) is 35.5 Å². The molecule has 7 fully saturated rings. The molecule has 0 aromatic carbocycles. The summed E-state index contributed by atoms with van der Waals surface area (Å²) in [7, 11) is 0. The Hall–Kier alpha value is -2.45. The second kappa shape index (κ2) is 13.0. The third-order valence-corrected chi connectivity index (χ3v) is 17.8. The van der Waals surface area contributed by atoms with Crippen LogP contribution in [0.4, 0.5) is 4.39 Å². The monoisotopic (exact) mass is 796 g/mol. The number of hydrogen-bond acceptors (Lipinski definition) is 11. The third kappa shape index (κ3) is 5.19. The van der Waals surface area contributed by atoms with Gasteiger partial charge in [-0.25, -0.2) is 4.39 Å². The molecule has 8 aliphatic carbocycles. The molecule has 11 nitrogen and oxygen atoms in total. The Morgan fingerprint density at radius 3 is 2.19 bits per heavy atom. The SMILES string of the molecule is CC1(C)O[C@@H]2C[C@H]3[C@@H]4CCC5=CC(=O)C=C[C@]5(C)[C@H]4[C@@H](O)C[C@]3(C)[C@]2(C(=O)CO)O1.C[C@]12CCC(=O)C=C1CC[C@H]1[C@@H]3CC[C@](O)(C(=O)CO)[C@@]3(C)C[C@H](O)[C@@]12F. The number of ketones is 4. The van der Waals surface area contributed by atoms with Crippen molar-refractivity contribution in [3.8, 4) is 0 Å². The highest BCUT2D eigenvalue weighted by Crippen LogP contribution is 2.72. The van der Waals surface area contributed by atoms with Gasteiger partial charge in [-0.2, -0.15) is 0 Å². The van der Waals surface area contributed by atoms with Gasteiger partial charge in [0.05, 0.1) is 18.3 Å². The molecule has 12 heteroatoms. The van der Waals surface area contributed by atoms with E-state index in [1.807, 2.05) is 19.9 Å². The van der Waals surface area contributed by atoms with Crippen LogP contribution in [0.2, 0.25) is 0 Å². The minimum Gasteiger partial charge on any atom is -0.393 e. The van der Waals surface area contributed by atoms with Crippen LogP contribution in [-0.2, 0) is 28.7 Å². The van der Waals surface area contributed by atoms with Crippen molar-refractivity contribution in [2.75, 3.05) is 13.2 Å². The number of carbonyl (C=O) groups excluding carboxylic acids is 4. The molecule has 0 aromatic rings. The van der Waals surface area contributed by atoms with Crippen LogP contribution >= 0.6 is 0 Å². The molecule has 1 aliphatic heterocycles. The molecule has 6 saturated carbocycles. The quantitative estimate of drug-likeness (QED) is 0.275. The number of halogens is 1. The van der Waals surface area contributed by atoms with E-state index in [0.717, 1.165) is 24.0 Å². The fourth-order valence-electron chi connectivity index (χ4n) is 15.2. The highest BCUT2D eigenvalue weighted by Gasteiger charge is 2.77. The molecule has 1 heterocycles. The average molecular weight is 797 g/mol.